The zero-order valence-electron chi connectivity index (χ0n) is 10.8. The number of aryl methyl sites for hydroxylation is 3. The van der Waals surface area contributed by atoms with Crippen molar-refractivity contribution in [2.45, 2.75) is 33.1 Å². The third-order valence-electron chi connectivity index (χ3n) is 2.79. The van der Waals surface area contributed by atoms with Gasteiger partial charge in [0.1, 0.15) is 12.1 Å². The first-order valence-electron chi connectivity index (χ1n) is 5.89. The molecule has 0 aliphatic carbocycles. The van der Waals surface area contributed by atoms with Gasteiger partial charge in [-0.05, 0) is 20.3 Å². The van der Waals surface area contributed by atoms with Crippen molar-refractivity contribution < 1.29 is 4.79 Å². The van der Waals surface area contributed by atoms with Gasteiger partial charge in [0.25, 0.3) is 0 Å². The largest absolute Gasteiger partial charge is 0.313 e. The summed E-state index contributed by atoms with van der Waals surface area (Å²) in [4.78, 5) is 15.8. The SMILES string of the molecule is Cc1nc(C)c(-c2nnc(CCCC=O)n2C)s1. The fraction of sp³-hybridized carbons (Fsp3) is 0.500. The van der Waals surface area contributed by atoms with E-state index in [2.05, 4.69) is 15.2 Å². The van der Waals surface area contributed by atoms with Crippen LogP contribution >= 0.6 is 11.3 Å². The van der Waals surface area contributed by atoms with Crippen molar-refractivity contribution in [1.82, 2.24) is 19.7 Å². The Morgan fingerprint density at radius 2 is 2.11 bits per heavy atom. The van der Waals surface area contributed by atoms with E-state index in [1.165, 1.54) is 0 Å². The lowest BCUT2D eigenvalue weighted by molar-refractivity contribution is -0.107. The molecule has 18 heavy (non-hydrogen) atoms. The van der Waals surface area contributed by atoms with E-state index in [1.54, 1.807) is 11.3 Å². The standard InChI is InChI=1S/C12H16N4OS/c1-8-11(18-9(2)13-8)12-15-14-10(16(12)3)6-4-5-7-17/h7H,4-6H2,1-3H3. The van der Waals surface area contributed by atoms with Crippen LogP contribution in [0.4, 0.5) is 0 Å². The van der Waals surface area contributed by atoms with Gasteiger partial charge in [0.15, 0.2) is 5.82 Å². The average Bonchev–Trinajstić information content (AvgIpc) is 2.83. The summed E-state index contributed by atoms with van der Waals surface area (Å²) in [5.74, 6) is 1.77. The maximum Gasteiger partial charge on any atom is 0.175 e. The molecule has 96 valence electrons. The predicted molar refractivity (Wildman–Crippen MR) is 70.6 cm³/mol. The van der Waals surface area contributed by atoms with E-state index >= 15 is 0 Å². The molecule has 0 fully saturated rings. The van der Waals surface area contributed by atoms with Crippen molar-refractivity contribution >= 4 is 17.6 Å². The number of rotatable bonds is 5. The van der Waals surface area contributed by atoms with Gasteiger partial charge in [-0.2, -0.15) is 0 Å². The van der Waals surface area contributed by atoms with Crippen molar-refractivity contribution in [1.29, 1.82) is 0 Å². The normalized spacial score (nSPS) is 10.8. The van der Waals surface area contributed by atoms with E-state index < -0.39 is 0 Å². The zero-order valence-corrected chi connectivity index (χ0v) is 11.6. The molecule has 0 aliphatic heterocycles. The van der Waals surface area contributed by atoms with Crippen LogP contribution in [0, 0.1) is 13.8 Å². The van der Waals surface area contributed by atoms with Crippen LogP contribution in [-0.4, -0.2) is 26.0 Å². The van der Waals surface area contributed by atoms with Gasteiger partial charge >= 0.3 is 0 Å². The lowest BCUT2D eigenvalue weighted by Gasteiger charge is -2.01. The quantitative estimate of drug-likeness (QED) is 0.612. The molecule has 0 radical (unpaired) electrons. The van der Waals surface area contributed by atoms with Gasteiger partial charge in [-0.15, -0.1) is 21.5 Å². The van der Waals surface area contributed by atoms with Crippen LogP contribution in [0.5, 0.6) is 0 Å². The fourth-order valence-corrected chi connectivity index (χ4v) is 2.80. The number of nitrogens with zero attached hydrogens (tertiary/aromatic N) is 4. The Morgan fingerprint density at radius 3 is 2.72 bits per heavy atom. The Bertz CT molecular complexity index is 558. The van der Waals surface area contributed by atoms with E-state index in [-0.39, 0.29) is 0 Å². The Hall–Kier alpha value is -1.56. The van der Waals surface area contributed by atoms with Gasteiger partial charge in [0.2, 0.25) is 0 Å². The van der Waals surface area contributed by atoms with Gasteiger partial charge < -0.3 is 9.36 Å². The summed E-state index contributed by atoms with van der Waals surface area (Å²) in [6.07, 6.45) is 3.10. The minimum Gasteiger partial charge on any atom is -0.313 e. The summed E-state index contributed by atoms with van der Waals surface area (Å²) in [5.41, 5.74) is 0.993. The summed E-state index contributed by atoms with van der Waals surface area (Å²) >= 11 is 1.63. The Labute approximate surface area is 110 Å². The minimum absolute atomic E-state index is 0.570. The number of unbranched alkanes of at least 4 members (excludes halogenated alkanes) is 1. The third kappa shape index (κ3) is 2.48. The molecule has 6 heteroatoms. The van der Waals surface area contributed by atoms with Gasteiger partial charge in [-0.3, -0.25) is 0 Å². The minimum atomic E-state index is 0.570. The number of hydrogen-bond donors (Lipinski definition) is 0. The van der Waals surface area contributed by atoms with Crippen molar-refractivity contribution in [3.05, 3.63) is 16.5 Å². The number of carbonyl (C=O) groups excluding carboxylic acids is 1. The lowest BCUT2D eigenvalue weighted by Crippen LogP contribution is -2.00. The highest BCUT2D eigenvalue weighted by Gasteiger charge is 2.15. The summed E-state index contributed by atoms with van der Waals surface area (Å²) in [5, 5.41) is 9.46. The topological polar surface area (TPSA) is 60.7 Å². The summed E-state index contributed by atoms with van der Waals surface area (Å²) in [6.45, 7) is 3.97. The molecular weight excluding hydrogens is 248 g/mol. The highest BCUT2D eigenvalue weighted by Crippen LogP contribution is 2.28. The molecule has 2 heterocycles. The molecule has 0 spiro atoms. The maximum atomic E-state index is 10.3. The molecule has 0 saturated heterocycles. The molecule has 2 aromatic heterocycles. The van der Waals surface area contributed by atoms with Crippen molar-refractivity contribution in [2.75, 3.05) is 0 Å². The summed E-state index contributed by atoms with van der Waals surface area (Å²) < 4.78 is 1.99. The van der Waals surface area contributed by atoms with Crippen LogP contribution in [0.15, 0.2) is 0 Å². The first-order chi connectivity index (χ1) is 8.63. The number of carbonyl (C=O) groups is 1. The van der Waals surface area contributed by atoms with E-state index in [0.29, 0.717) is 6.42 Å². The molecule has 0 atom stereocenters. The van der Waals surface area contributed by atoms with Crippen LogP contribution in [0.2, 0.25) is 0 Å². The zero-order chi connectivity index (χ0) is 13.1. The maximum absolute atomic E-state index is 10.3. The second-order valence-corrected chi connectivity index (χ2v) is 5.41. The average molecular weight is 264 g/mol. The summed E-state index contributed by atoms with van der Waals surface area (Å²) in [6, 6.07) is 0. The molecule has 0 aromatic carbocycles. The van der Waals surface area contributed by atoms with Gasteiger partial charge in [-0.1, -0.05) is 0 Å². The van der Waals surface area contributed by atoms with E-state index in [1.807, 2.05) is 25.5 Å². The predicted octanol–water partition coefficient (Wildman–Crippen LogP) is 2.08. The van der Waals surface area contributed by atoms with Crippen LogP contribution < -0.4 is 0 Å². The third-order valence-corrected chi connectivity index (χ3v) is 3.86. The Morgan fingerprint density at radius 1 is 1.33 bits per heavy atom. The van der Waals surface area contributed by atoms with Gasteiger partial charge in [-0.25, -0.2) is 4.98 Å². The van der Waals surface area contributed by atoms with Crippen molar-refractivity contribution in [3.63, 3.8) is 0 Å². The number of aromatic nitrogens is 4. The Kier molecular flexibility index (Phi) is 3.86. The molecular formula is C12H16N4OS. The van der Waals surface area contributed by atoms with Crippen molar-refractivity contribution in [2.24, 2.45) is 7.05 Å². The summed E-state index contributed by atoms with van der Waals surface area (Å²) in [7, 11) is 1.96. The van der Waals surface area contributed by atoms with Gasteiger partial charge in [0, 0.05) is 19.9 Å². The highest BCUT2D eigenvalue weighted by molar-refractivity contribution is 7.15. The first kappa shape index (κ1) is 12.9. The Balaban J connectivity index is 2.25. The lowest BCUT2D eigenvalue weighted by atomic mass is 10.2. The fourth-order valence-electron chi connectivity index (χ4n) is 1.86. The molecule has 0 aliphatic rings. The molecule has 0 saturated carbocycles. The number of aldehydes is 1. The molecule has 0 unspecified atom stereocenters. The van der Waals surface area contributed by atoms with E-state index in [0.717, 1.165) is 46.4 Å². The van der Waals surface area contributed by atoms with Gasteiger partial charge in [0.05, 0.1) is 15.6 Å². The van der Waals surface area contributed by atoms with E-state index in [9.17, 15) is 4.79 Å². The second-order valence-electron chi connectivity index (χ2n) is 4.21. The number of thiazole rings is 1. The number of hydrogen-bond acceptors (Lipinski definition) is 5. The second kappa shape index (κ2) is 5.39. The monoisotopic (exact) mass is 264 g/mol. The van der Waals surface area contributed by atoms with Crippen LogP contribution in [0.25, 0.3) is 10.7 Å². The van der Waals surface area contributed by atoms with Crippen LogP contribution in [0.1, 0.15) is 29.4 Å². The molecule has 0 amide bonds. The molecule has 2 aromatic rings. The molecule has 0 N–H and O–H groups in total. The van der Waals surface area contributed by atoms with Crippen LogP contribution in [0.3, 0.4) is 0 Å². The first-order valence-corrected chi connectivity index (χ1v) is 6.71. The molecule has 2 rings (SSSR count). The van der Waals surface area contributed by atoms with Crippen molar-refractivity contribution in [3.8, 4) is 10.7 Å². The molecule has 5 nitrogen and oxygen atoms in total. The highest BCUT2D eigenvalue weighted by atomic mass is 32.1. The van der Waals surface area contributed by atoms with Crippen LogP contribution in [-0.2, 0) is 18.3 Å². The molecule has 0 bridgehead atoms. The smallest absolute Gasteiger partial charge is 0.175 e. The van der Waals surface area contributed by atoms with E-state index in [4.69, 9.17) is 0 Å².